The molecule has 0 amide bonds. The van der Waals surface area contributed by atoms with Crippen LogP contribution in [0.4, 0.5) is 0 Å². The number of allylic oxidation sites excluding steroid dienone is 1. The third kappa shape index (κ3) is 3.11. The molecule has 5 aliphatic rings. The van der Waals surface area contributed by atoms with Gasteiger partial charge in [0.15, 0.2) is 5.78 Å². The van der Waals surface area contributed by atoms with Crippen LogP contribution in [0, 0.1) is 34.5 Å². The normalized spacial score (nSPS) is 49.1. The maximum absolute atomic E-state index is 13.3. The smallest absolute Gasteiger partial charge is 0.331 e. The largest absolute Gasteiger partial charge is 0.478 e. The van der Waals surface area contributed by atoms with Gasteiger partial charge in [0.1, 0.15) is 11.7 Å². The number of carbonyl (C=O) groups excluding carboxylic acids is 1. The number of epoxide rings is 1. The molecule has 7 nitrogen and oxygen atoms in total. The van der Waals surface area contributed by atoms with Crippen molar-refractivity contribution in [3.63, 3.8) is 0 Å². The second-order valence-corrected chi connectivity index (χ2v) is 12.7. The van der Waals surface area contributed by atoms with Crippen molar-refractivity contribution >= 4 is 11.8 Å². The van der Waals surface area contributed by atoms with E-state index in [2.05, 4.69) is 6.92 Å². The number of hydrogen-bond donors (Lipinski definition) is 4. The van der Waals surface area contributed by atoms with Crippen molar-refractivity contribution in [2.24, 2.45) is 34.5 Å². The molecular weight excluding hydrogens is 448 g/mol. The summed E-state index contributed by atoms with van der Waals surface area (Å²) in [7, 11) is 0. The lowest BCUT2D eigenvalue weighted by atomic mass is 9.44. The molecule has 194 valence electrons. The number of ketones is 1. The molecule has 1 heterocycles. The van der Waals surface area contributed by atoms with Crippen molar-refractivity contribution in [1.29, 1.82) is 0 Å². The van der Waals surface area contributed by atoms with Crippen molar-refractivity contribution in [1.82, 2.24) is 0 Å². The first-order valence-electron chi connectivity index (χ1n) is 13.1. The summed E-state index contributed by atoms with van der Waals surface area (Å²) in [4.78, 5) is 24.6. The highest BCUT2D eigenvalue weighted by atomic mass is 16.6. The van der Waals surface area contributed by atoms with Crippen molar-refractivity contribution < 1.29 is 34.8 Å². The molecule has 4 aliphatic carbocycles. The molecule has 4 N–H and O–H groups in total. The van der Waals surface area contributed by atoms with Gasteiger partial charge in [-0.15, -0.1) is 0 Å². The Morgan fingerprint density at radius 1 is 1.23 bits per heavy atom. The van der Waals surface area contributed by atoms with E-state index in [4.69, 9.17) is 4.74 Å². The lowest BCUT2D eigenvalue weighted by Crippen LogP contribution is -2.64. The lowest BCUT2D eigenvalue weighted by Gasteiger charge is -2.58. The van der Waals surface area contributed by atoms with Crippen LogP contribution in [0.3, 0.4) is 0 Å². The summed E-state index contributed by atoms with van der Waals surface area (Å²) in [6.45, 7) is 9.15. The average Bonchev–Trinajstić information content (AvgIpc) is 3.42. The molecular formula is C28H40O7. The average molecular weight is 489 g/mol. The van der Waals surface area contributed by atoms with Gasteiger partial charge in [0.25, 0.3) is 0 Å². The van der Waals surface area contributed by atoms with Crippen LogP contribution in [-0.4, -0.2) is 61.7 Å². The second kappa shape index (κ2) is 7.73. The van der Waals surface area contributed by atoms with Gasteiger partial charge in [-0.3, -0.25) is 4.79 Å². The lowest BCUT2D eigenvalue weighted by molar-refractivity contribution is -0.165. The maximum atomic E-state index is 13.3. The molecule has 35 heavy (non-hydrogen) atoms. The Balaban J connectivity index is 1.42. The number of aliphatic hydroxyl groups excluding tert-OH is 2. The van der Waals surface area contributed by atoms with Gasteiger partial charge in [-0.2, -0.15) is 0 Å². The second-order valence-electron chi connectivity index (χ2n) is 12.7. The van der Waals surface area contributed by atoms with Gasteiger partial charge >= 0.3 is 5.97 Å². The fourth-order valence-corrected chi connectivity index (χ4v) is 9.21. The minimum atomic E-state index is -1.37. The number of aliphatic hydroxyl groups is 3. The third-order valence-electron chi connectivity index (χ3n) is 11.5. The van der Waals surface area contributed by atoms with Crippen molar-refractivity contribution in [3.05, 3.63) is 23.3 Å². The summed E-state index contributed by atoms with van der Waals surface area (Å²) < 4.78 is 6.18. The Morgan fingerprint density at radius 3 is 2.57 bits per heavy atom. The molecule has 5 rings (SSSR count). The van der Waals surface area contributed by atoms with Gasteiger partial charge < -0.3 is 25.2 Å². The van der Waals surface area contributed by atoms with Crippen LogP contribution in [0.1, 0.15) is 73.1 Å². The Hall–Kier alpha value is -1.54. The minimum Gasteiger partial charge on any atom is -0.478 e. The number of fused-ring (bicyclic) bond motifs is 4. The Kier molecular flexibility index (Phi) is 5.55. The summed E-state index contributed by atoms with van der Waals surface area (Å²) in [6, 6.07) is 0. The van der Waals surface area contributed by atoms with E-state index in [-0.39, 0.29) is 53.0 Å². The van der Waals surface area contributed by atoms with E-state index in [0.717, 1.165) is 32.1 Å². The summed E-state index contributed by atoms with van der Waals surface area (Å²) in [5.41, 5.74) is -2.34. The van der Waals surface area contributed by atoms with Crippen molar-refractivity contribution in [2.45, 2.75) is 103 Å². The van der Waals surface area contributed by atoms with E-state index in [1.54, 1.807) is 26.0 Å². The summed E-state index contributed by atoms with van der Waals surface area (Å²) in [5.74, 6) is -0.434. The molecule has 0 aromatic heterocycles. The summed E-state index contributed by atoms with van der Waals surface area (Å²) in [6.07, 6.45) is 5.44. The maximum Gasteiger partial charge on any atom is 0.331 e. The van der Waals surface area contributed by atoms with Gasteiger partial charge in [-0.1, -0.05) is 12.5 Å². The van der Waals surface area contributed by atoms with Crippen LogP contribution in [0.5, 0.6) is 0 Å². The Morgan fingerprint density at radius 2 is 1.91 bits per heavy atom. The van der Waals surface area contributed by atoms with E-state index < -0.39 is 34.8 Å². The van der Waals surface area contributed by atoms with Crippen LogP contribution in [0.15, 0.2) is 23.3 Å². The zero-order valence-electron chi connectivity index (χ0n) is 21.5. The summed E-state index contributed by atoms with van der Waals surface area (Å²) >= 11 is 0. The van der Waals surface area contributed by atoms with Gasteiger partial charge in [-0.25, -0.2) is 4.79 Å². The van der Waals surface area contributed by atoms with Gasteiger partial charge in [0.2, 0.25) is 0 Å². The van der Waals surface area contributed by atoms with Gasteiger partial charge in [-0.05, 0) is 107 Å². The minimum absolute atomic E-state index is 0.0524. The van der Waals surface area contributed by atoms with Crippen LogP contribution < -0.4 is 0 Å². The molecule has 5 unspecified atom stereocenters. The van der Waals surface area contributed by atoms with E-state index in [9.17, 15) is 30.0 Å². The molecule has 0 bridgehead atoms. The highest BCUT2D eigenvalue weighted by Crippen LogP contribution is 2.73. The van der Waals surface area contributed by atoms with E-state index in [1.807, 2.05) is 6.92 Å². The zero-order chi connectivity index (χ0) is 25.7. The molecule has 7 heteroatoms. The van der Waals surface area contributed by atoms with Crippen LogP contribution in [-0.2, 0) is 14.3 Å². The standard InChI is InChI=1S/C28H40O7/c1-14(15(2)24(32)33)12-22(31)27(5,34)19-7-6-17-16-13-23-28(35-23)21(30)9-8-20(29)26(28,4)18(16)10-11-25(17,19)3/h8-9,16-19,21-23,30-31,34H,6-7,10-13H2,1-5H3,(H,32,33)/t16-,17-,18-,19-,21?,22?,23?,25-,26-,27?,28?/m0/s1. The molecule has 4 fully saturated rings. The molecule has 0 radical (unpaired) electrons. The Bertz CT molecular complexity index is 1010. The number of rotatable bonds is 5. The van der Waals surface area contributed by atoms with Crippen molar-refractivity contribution in [3.8, 4) is 0 Å². The molecule has 1 spiro atoms. The quantitative estimate of drug-likeness (QED) is 0.346. The van der Waals surface area contributed by atoms with Gasteiger partial charge in [0.05, 0.1) is 23.2 Å². The number of aliphatic carboxylic acids is 1. The number of carbonyl (C=O) groups is 2. The van der Waals surface area contributed by atoms with E-state index >= 15 is 0 Å². The molecule has 0 aromatic rings. The monoisotopic (exact) mass is 488 g/mol. The molecule has 3 saturated carbocycles. The first kappa shape index (κ1) is 25.1. The fourth-order valence-electron chi connectivity index (χ4n) is 9.21. The fraction of sp³-hybridized carbons (Fsp3) is 0.786. The molecule has 1 saturated heterocycles. The number of carboxylic acid groups (broad SMARTS) is 1. The van der Waals surface area contributed by atoms with Crippen LogP contribution in [0.25, 0.3) is 0 Å². The number of carboxylic acids is 1. The zero-order valence-corrected chi connectivity index (χ0v) is 21.5. The summed E-state index contributed by atoms with van der Waals surface area (Å²) in [5, 5.41) is 42.9. The SMILES string of the molecule is CC(CC(O)C(C)(O)[C@H]1CC[C@H]2[C@@H]3CC4OC45C(O)C=CC(=O)[C@]5(C)[C@H]3CC[C@]12C)=C(C)C(=O)O. The van der Waals surface area contributed by atoms with Crippen molar-refractivity contribution in [2.75, 3.05) is 0 Å². The first-order valence-corrected chi connectivity index (χ1v) is 13.1. The number of hydrogen-bond acceptors (Lipinski definition) is 6. The Labute approximate surface area is 207 Å². The topological polar surface area (TPSA) is 128 Å². The van der Waals surface area contributed by atoms with Gasteiger partial charge in [0, 0.05) is 5.57 Å². The first-order chi connectivity index (χ1) is 16.2. The molecule has 1 aliphatic heterocycles. The number of ether oxygens (including phenoxy) is 1. The predicted molar refractivity (Wildman–Crippen MR) is 128 cm³/mol. The molecule has 11 atom stereocenters. The molecule has 0 aromatic carbocycles. The highest BCUT2D eigenvalue weighted by Gasteiger charge is 2.80. The van der Waals surface area contributed by atoms with E-state index in [1.165, 1.54) is 6.92 Å². The van der Waals surface area contributed by atoms with Crippen LogP contribution >= 0.6 is 0 Å². The van der Waals surface area contributed by atoms with Crippen LogP contribution in [0.2, 0.25) is 0 Å². The third-order valence-corrected chi connectivity index (χ3v) is 11.5. The van der Waals surface area contributed by atoms with E-state index in [0.29, 0.717) is 5.57 Å². The predicted octanol–water partition coefficient (Wildman–Crippen LogP) is 3.02. The highest BCUT2D eigenvalue weighted by molar-refractivity contribution is 5.98.